The van der Waals surface area contributed by atoms with Gasteiger partial charge in [-0.2, -0.15) is 5.10 Å². The summed E-state index contributed by atoms with van der Waals surface area (Å²) in [7, 11) is 3.27. The van der Waals surface area contributed by atoms with Crippen molar-refractivity contribution in [1.82, 2.24) is 25.0 Å². The Morgan fingerprint density at radius 1 is 1.24 bits per heavy atom. The Bertz CT molecular complexity index is 1340. The molecule has 3 atom stereocenters. The molecule has 1 unspecified atom stereocenters. The molecule has 4 rings (SSSR count). The topological polar surface area (TPSA) is 126 Å². The van der Waals surface area contributed by atoms with Crippen LogP contribution in [0.2, 0.25) is 0 Å². The monoisotopic (exact) mass is 507 g/mol. The Hall–Kier alpha value is -4.28. The van der Waals surface area contributed by atoms with Crippen LogP contribution in [0, 0.1) is 18.7 Å². The molecule has 0 radical (unpaired) electrons. The Kier molecular flexibility index (Phi) is 7.23. The first-order valence-electron chi connectivity index (χ1n) is 12.0. The molecule has 1 saturated heterocycles. The number of benzene rings is 1. The molecule has 11 heteroatoms. The zero-order valence-corrected chi connectivity index (χ0v) is 21.2. The maximum atomic E-state index is 14.6. The summed E-state index contributed by atoms with van der Waals surface area (Å²) in [5.41, 5.74) is 7.67. The molecule has 0 spiro atoms. The van der Waals surface area contributed by atoms with E-state index in [9.17, 15) is 18.8 Å². The van der Waals surface area contributed by atoms with Crippen molar-refractivity contribution in [1.29, 1.82) is 0 Å². The SMILES string of the molecule is CCC(NC(=O)N1C(=O)[C@H](Cc2ccnc(N)c2)[C@H]1C(=O)N(C)c1ccn(C)n1)c1cc(C)ccc1F. The first-order chi connectivity index (χ1) is 17.6. The number of aryl methyl sites for hydroxylation is 2. The highest BCUT2D eigenvalue weighted by atomic mass is 19.1. The number of amides is 4. The van der Waals surface area contributed by atoms with Gasteiger partial charge in [-0.05, 0) is 43.5 Å². The van der Waals surface area contributed by atoms with Gasteiger partial charge in [0.2, 0.25) is 5.91 Å². The number of likely N-dealkylation sites (tertiary alicyclic amines) is 1. The van der Waals surface area contributed by atoms with Crippen LogP contribution in [0.3, 0.4) is 0 Å². The van der Waals surface area contributed by atoms with Gasteiger partial charge in [0.1, 0.15) is 17.7 Å². The van der Waals surface area contributed by atoms with Crippen LogP contribution in [0.5, 0.6) is 0 Å². The van der Waals surface area contributed by atoms with E-state index in [1.807, 2.05) is 6.92 Å². The number of likely N-dealkylation sites (N-methyl/N-ethyl adjacent to an activating group) is 1. The zero-order chi connectivity index (χ0) is 26.9. The molecule has 1 fully saturated rings. The number of hydrogen-bond acceptors (Lipinski definition) is 6. The van der Waals surface area contributed by atoms with E-state index < -0.39 is 41.7 Å². The quantitative estimate of drug-likeness (QED) is 0.474. The van der Waals surface area contributed by atoms with Gasteiger partial charge in [-0.15, -0.1) is 0 Å². The van der Waals surface area contributed by atoms with Crippen LogP contribution in [0.1, 0.15) is 36.1 Å². The number of nitrogens with zero attached hydrogens (tertiary/aromatic N) is 5. The molecule has 1 aliphatic rings. The lowest BCUT2D eigenvalue weighted by molar-refractivity contribution is -0.156. The maximum Gasteiger partial charge on any atom is 0.325 e. The van der Waals surface area contributed by atoms with Crippen molar-refractivity contribution in [3.8, 4) is 0 Å². The highest BCUT2D eigenvalue weighted by molar-refractivity contribution is 6.12. The van der Waals surface area contributed by atoms with E-state index in [1.165, 1.54) is 17.2 Å². The van der Waals surface area contributed by atoms with Crippen molar-refractivity contribution < 1.29 is 18.8 Å². The number of urea groups is 1. The van der Waals surface area contributed by atoms with Crippen molar-refractivity contribution in [2.75, 3.05) is 17.7 Å². The minimum absolute atomic E-state index is 0.200. The highest BCUT2D eigenvalue weighted by Gasteiger charge is 2.55. The molecule has 10 nitrogen and oxygen atoms in total. The van der Waals surface area contributed by atoms with Crippen LogP contribution < -0.4 is 16.0 Å². The predicted molar refractivity (Wildman–Crippen MR) is 136 cm³/mol. The van der Waals surface area contributed by atoms with E-state index in [4.69, 9.17) is 5.73 Å². The molecule has 4 amide bonds. The number of halogens is 1. The summed E-state index contributed by atoms with van der Waals surface area (Å²) in [5, 5.41) is 7.00. The third-order valence-electron chi connectivity index (χ3n) is 6.59. The summed E-state index contributed by atoms with van der Waals surface area (Å²) in [6.07, 6.45) is 3.80. The number of anilines is 2. The van der Waals surface area contributed by atoms with E-state index in [2.05, 4.69) is 15.4 Å². The summed E-state index contributed by atoms with van der Waals surface area (Å²) in [6, 6.07) is 7.15. The van der Waals surface area contributed by atoms with E-state index in [-0.39, 0.29) is 6.42 Å². The van der Waals surface area contributed by atoms with Gasteiger partial charge in [-0.3, -0.25) is 24.1 Å². The van der Waals surface area contributed by atoms with Gasteiger partial charge in [0, 0.05) is 38.1 Å². The fourth-order valence-corrected chi connectivity index (χ4v) is 4.57. The van der Waals surface area contributed by atoms with Crippen LogP contribution in [-0.2, 0) is 23.1 Å². The summed E-state index contributed by atoms with van der Waals surface area (Å²) >= 11 is 0. The zero-order valence-electron chi connectivity index (χ0n) is 21.2. The van der Waals surface area contributed by atoms with Crippen molar-refractivity contribution in [2.45, 2.75) is 38.8 Å². The van der Waals surface area contributed by atoms with Gasteiger partial charge in [-0.25, -0.2) is 14.2 Å². The largest absolute Gasteiger partial charge is 0.384 e. The fourth-order valence-electron chi connectivity index (χ4n) is 4.57. The summed E-state index contributed by atoms with van der Waals surface area (Å²) in [4.78, 5) is 46.4. The molecular formula is C26H30FN7O3. The molecule has 3 N–H and O–H groups in total. The van der Waals surface area contributed by atoms with Gasteiger partial charge in [0.15, 0.2) is 5.82 Å². The molecule has 0 bridgehead atoms. The average Bonchev–Trinajstić information content (AvgIpc) is 3.31. The molecule has 0 aliphatic carbocycles. The van der Waals surface area contributed by atoms with E-state index >= 15 is 0 Å². The van der Waals surface area contributed by atoms with E-state index in [1.54, 1.807) is 62.2 Å². The van der Waals surface area contributed by atoms with Crippen molar-refractivity contribution in [2.24, 2.45) is 13.0 Å². The number of carbonyl (C=O) groups is 3. The van der Waals surface area contributed by atoms with E-state index in [0.29, 0.717) is 23.6 Å². The normalized spacial score (nSPS) is 17.8. The van der Waals surface area contributed by atoms with Crippen LogP contribution in [-0.4, -0.2) is 50.6 Å². The first kappa shape index (κ1) is 25.8. The molecule has 0 saturated carbocycles. The van der Waals surface area contributed by atoms with Gasteiger partial charge in [0.05, 0.1) is 12.0 Å². The highest BCUT2D eigenvalue weighted by Crippen LogP contribution is 2.33. The van der Waals surface area contributed by atoms with Gasteiger partial charge in [-0.1, -0.05) is 24.6 Å². The lowest BCUT2D eigenvalue weighted by Crippen LogP contribution is -2.70. The minimum atomic E-state index is -1.08. The Morgan fingerprint density at radius 3 is 2.65 bits per heavy atom. The lowest BCUT2D eigenvalue weighted by Gasteiger charge is -2.45. The lowest BCUT2D eigenvalue weighted by atomic mass is 9.81. The maximum absolute atomic E-state index is 14.6. The molecular weight excluding hydrogens is 477 g/mol. The third kappa shape index (κ3) is 5.16. The Morgan fingerprint density at radius 2 is 2.00 bits per heavy atom. The van der Waals surface area contributed by atoms with Crippen LogP contribution in [0.15, 0.2) is 48.8 Å². The van der Waals surface area contributed by atoms with Crippen molar-refractivity contribution >= 4 is 29.5 Å². The van der Waals surface area contributed by atoms with Crippen molar-refractivity contribution in [3.05, 3.63) is 71.3 Å². The number of rotatable bonds is 7. The molecule has 3 aromatic rings. The summed E-state index contributed by atoms with van der Waals surface area (Å²) in [6.45, 7) is 3.63. The molecule has 37 heavy (non-hydrogen) atoms. The standard InChI is InChI=1S/C26H30FN7O3/c1-5-20(17-12-15(2)6-7-19(17)27)30-26(37)34-23(25(36)33(4)22-9-11-32(3)31-22)18(24(34)35)13-16-8-10-29-21(28)14-16/h6-12,14,18,20,23H,5,13H2,1-4H3,(H2,28,29)(H,30,37)/t18-,20?,23+/m1/s1. The average molecular weight is 508 g/mol. The second-order valence-corrected chi connectivity index (χ2v) is 9.23. The smallest absolute Gasteiger partial charge is 0.325 e. The number of β-lactam (4-membered cyclic amide) rings is 1. The number of nitrogen functional groups attached to an aromatic ring is 1. The molecule has 1 aromatic carbocycles. The number of imide groups is 1. The van der Waals surface area contributed by atoms with Crippen LogP contribution in [0.25, 0.3) is 0 Å². The number of carbonyl (C=O) groups excluding carboxylic acids is 3. The van der Waals surface area contributed by atoms with Crippen molar-refractivity contribution in [3.63, 3.8) is 0 Å². The summed E-state index contributed by atoms with van der Waals surface area (Å²) < 4.78 is 16.1. The predicted octanol–water partition coefficient (Wildman–Crippen LogP) is 2.74. The summed E-state index contributed by atoms with van der Waals surface area (Å²) in [5.74, 6) is -1.54. The number of aromatic nitrogens is 3. The minimum Gasteiger partial charge on any atom is -0.384 e. The first-order valence-corrected chi connectivity index (χ1v) is 12.0. The Balaban J connectivity index is 1.61. The number of nitrogens with one attached hydrogen (secondary N) is 1. The number of hydrogen-bond donors (Lipinski definition) is 2. The van der Waals surface area contributed by atoms with Gasteiger partial charge < -0.3 is 11.1 Å². The molecule has 2 aromatic heterocycles. The van der Waals surface area contributed by atoms with Crippen LogP contribution in [0.4, 0.5) is 20.8 Å². The van der Waals surface area contributed by atoms with Crippen LogP contribution >= 0.6 is 0 Å². The molecule has 1 aliphatic heterocycles. The second-order valence-electron chi connectivity index (χ2n) is 9.23. The molecule has 3 heterocycles. The molecule has 194 valence electrons. The third-order valence-corrected chi connectivity index (χ3v) is 6.59. The number of pyridine rings is 1. The number of nitrogens with two attached hydrogens (primary N) is 1. The fraction of sp³-hybridized carbons (Fsp3) is 0.346. The Labute approximate surface area is 214 Å². The van der Waals surface area contributed by atoms with E-state index in [0.717, 1.165) is 16.0 Å². The second kappa shape index (κ2) is 10.4. The van der Waals surface area contributed by atoms with Gasteiger partial charge in [0.25, 0.3) is 5.91 Å². The van der Waals surface area contributed by atoms with Gasteiger partial charge >= 0.3 is 6.03 Å².